The zero-order chi connectivity index (χ0) is 90.5. The molecule has 12 aromatic rings. The summed E-state index contributed by atoms with van der Waals surface area (Å²) < 4.78 is 234. The maximum absolute atomic E-state index is 12.0. The lowest BCUT2D eigenvalue weighted by Crippen LogP contribution is -2.64. The van der Waals surface area contributed by atoms with Crippen LogP contribution in [0.25, 0.3) is 77.2 Å². The molecule has 3 aliphatic carbocycles. The Hall–Kier alpha value is -9.32. The Bertz CT molecular complexity index is 6760. The first-order chi connectivity index (χ1) is 58.5. The zero-order valence-electron chi connectivity index (χ0n) is 84.1. The van der Waals surface area contributed by atoms with Gasteiger partial charge in [-0.15, -0.1) is 0 Å². The summed E-state index contributed by atoms with van der Waals surface area (Å²) in [5, 5.41) is -0.779. The van der Waals surface area contributed by atoms with Crippen molar-refractivity contribution < 1.29 is 30.2 Å². The van der Waals surface area contributed by atoms with Gasteiger partial charge in [-0.05, 0) is 230 Å². The molecular weight excluding hydrogens is 1240 g/mol. The number of nitrogens with zero attached hydrogens (tertiary/aromatic N) is 4. The zero-order valence-corrected chi connectivity index (χ0v) is 62.1. The summed E-state index contributed by atoms with van der Waals surface area (Å²) in [5.74, 6) is -0.733. The highest BCUT2D eigenvalue weighted by Gasteiger charge is 2.51. The van der Waals surface area contributed by atoms with Crippen molar-refractivity contribution in [3.05, 3.63) is 263 Å². The largest absolute Gasteiger partial charge is 0.334 e. The molecule has 4 heterocycles. The van der Waals surface area contributed by atoms with Crippen molar-refractivity contribution in [1.29, 1.82) is 0 Å². The van der Waals surface area contributed by atoms with Gasteiger partial charge in [0, 0.05) is 72.7 Å². The van der Waals surface area contributed by atoms with E-state index in [0.717, 1.165) is 36.0 Å². The van der Waals surface area contributed by atoms with E-state index < -0.39 is 160 Å². The van der Waals surface area contributed by atoms with E-state index in [1.54, 1.807) is 46.4 Å². The third-order valence-electron chi connectivity index (χ3n) is 22.3. The van der Waals surface area contributed by atoms with Crippen LogP contribution >= 0.6 is 0 Å². The monoisotopic (exact) mass is 1370 g/mol. The van der Waals surface area contributed by atoms with Crippen LogP contribution in [0.4, 0.5) is 28.4 Å². The molecule has 4 atom stereocenters. The molecule has 17 rings (SSSR count). The highest BCUT2D eigenvalue weighted by Crippen LogP contribution is 2.56. The van der Waals surface area contributed by atoms with Gasteiger partial charge in [-0.2, -0.15) is 0 Å². The molecule has 103 heavy (non-hydrogen) atoms. The number of benzene rings is 10. The fraction of sp³-hybridized carbons (Fsp3) is 0.327. The van der Waals surface area contributed by atoms with E-state index in [2.05, 4.69) is 78.0 Å². The molecule has 0 saturated heterocycles. The van der Waals surface area contributed by atoms with Crippen LogP contribution in [-0.4, -0.2) is 21.9 Å². The van der Waals surface area contributed by atoms with Crippen molar-refractivity contribution in [2.45, 2.75) is 183 Å². The Balaban J connectivity index is 1.17. The van der Waals surface area contributed by atoms with Crippen molar-refractivity contribution in [1.82, 2.24) is 9.13 Å². The van der Waals surface area contributed by atoms with E-state index in [4.69, 9.17) is 0 Å². The summed E-state index contributed by atoms with van der Waals surface area (Å²) in [6.45, 7) is 27.6. The molecule has 0 bridgehead atoms. The SMILES string of the molecule is [2H]c1c([2H])c(-n2c3c([2H])c([2H])c([2H])c([2H])c3c3c([2H])c(C(C)(C)C)c([2H])c([2H])c32)c([2H])c2c1B1c3c([2H])c([2H])c(-n4c5c([2H])c([2H])c([2H])c([2H])c5c5c([2H])c(C(C)(C)C)c([2H])c([2H])c54)c([2H])c3N(C3C(C4CC=CCC4)=CC(C(C)(C)C)CC3C3=CCCCC3)c3c([2H])c(C(C)(C)C)c([2H])c(c31)N2c1c(-c2ccccc2)cc(C(C)(C)C)cc1-c1ccccc1. The second-order valence-electron chi connectivity index (χ2n) is 34.5. The summed E-state index contributed by atoms with van der Waals surface area (Å²) in [5.41, 5.74) is -0.644. The molecule has 0 spiro atoms. The molecule has 10 aromatic carbocycles. The summed E-state index contributed by atoms with van der Waals surface area (Å²) in [6, 6.07) is 10.2. The molecule has 518 valence electrons. The van der Waals surface area contributed by atoms with Gasteiger partial charge in [0.1, 0.15) is 0 Å². The van der Waals surface area contributed by atoms with Gasteiger partial charge < -0.3 is 18.9 Å². The fourth-order valence-electron chi connectivity index (χ4n) is 16.7. The topological polar surface area (TPSA) is 16.3 Å². The first kappa shape index (κ1) is 46.4. The van der Waals surface area contributed by atoms with E-state index in [1.165, 1.54) is 9.13 Å². The van der Waals surface area contributed by atoms with Gasteiger partial charge in [0.25, 0.3) is 6.71 Å². The quantitative estimate of drug-likeness (QED) is 0.111. The van der Waals surface area contributed by atoms with Gasteiger partial charge in [-0.3, -0.25) is 0 Å². The maximum atomic E-state index is 12.0. The number of aromatic nitrogens is 2. The second-order valence-corrected chi connectivity index (χ2v) is 34.5. The Morgan fingerprint density at radius 1 is 0.466 bits per heavy atom. The average molecular weight is 1370 g/mol. The summed E-state index contributed by atoms with van der Waals surface area (Å²) in [7, 11) is 0. The van der Waals surface area contributed by atoms with Crippen LogP contribution in [0, 0.1) is 23.2 Å². The lowest BCUT2D eigenvalue weighted by Gasteiger charge is -2.53. The predicted octanol–water partition coefficient (Wildman–Crippen LogP) is 25.0. The second kappa shape index (κ2) is 24.7. The van der Waals surface area contributed by atoms with Gasteiger partial charge in [0.05, 0.1) is 64.0 Å². The van der Waals surface area contributed by atoms with Crippen molar-refractivity contribution in [2.24, 2.45) is 23.2 Å². The molecule has 4 nitrogen and oxygen atoms in total. The van der Waals surface area contributed by atoms with Crippen LogP contribution in [0.5, 0.6) is 0 Å². The van der Waals surface area contributed by atoms with E-state index >= 15 is 0 Å². The van der Waals surface area contributed by atoms with Crippen molar-refractivity contribution in [3.63, 3.8) is 0 Å². The molecule has 0 radical (unpaired) electrons. The van der Waals surface area contributed by atoms with E-state index in [9.17, 15) is 30.2 Å². The van der Waals surface area contributed by atoms with Gasteiger partial charge in [-0.1, -0.05) is 255 Å². The lowest BCUT2D eigenvalue weighted by atomic mass is 9.33. The summed E-state index contributed by atoms with van der Waals surface area (Å²) in [4.78, 5) is 3.82. The molecule has 2 aromatic heterocycles. The Kier molecular flexibility index (Phi) is 11.1. The highest BCUT2D eigenvalue weighted by atomic mass is 15.2. The fourth-order valence-corrected chi connectivity index (χ4v) is 16.7. The normalized spacial score (nSPS) is 21.7. The van der Waals surface area contributed by atoms with Crippen LogP contribution in [0.2, 0.25) is 0 Å². The van der Waals surface area contributed by atoms with Crippen LogP contribution in [0.1, 0.15) is 208 Å². The third kappa shape index (κ3) is 11.4. The first-order valence-corrected chi connectivity index (χ1v) is 37.0. The van der Waals surface area contributed by atoms with Crippen LogP contribution in [0.15, 0.2) is 241 Å². The molecule has 5 heteroatoms. The molecular formula is C98H103BN4. The third-order valence-corrected chi connectivity index (χ3v) is 22.3. The Labute approximate surface area is 644 Å². The van der Waals surface area contributed by atoms with Crippen LogP contribution in [-0.2, 0) is 21.7 Å². The van der Waals surface area contributed by atoms with E-state index in [0.29, 0.717) is 60.0 Å². The minimum Gasteiger partial charge on any atom is -0.334 e. The van der Waals surface area contributed by atoms with Crippen molar-refractivity contribution in [2.75, 3.05) is 9.80 Å². The predicted molar refractivity (Wildman–Crippen MR) is 445 cm³/mol. The number of hydrogen-bond donors (Lipinski definition) is 0. The van der Waals surface area contributed by atoms with E-state index in [-0.39, 0.29) is 141 Å². The minimum absolute atomic E-state index is 0.0490. The number of allylic oxidation sites excluding steroid dienone is 4. The molecule has 2 aliphatic heterocycles. The smallest absolute Gasteiger partial charge is 0.252 e. The number of para-hydroxylation sites is 2. The van der Waals surface area contributed by atoms with Crippen LogP contribution < -0.4 is 26.2 Å². The Morgan fingerprint density at radius 3 is 1.50 bits per heavy atom. The number of hydrogen-bond acceptors (Lipinski definition) is 2. The van der Waals surface area contributed by atoms with Crippen molar-refractivity contribution >= 4 is 95.1 Å². The molecule has 0 N–H and O–H groups in total. The number of fused-ring (bicyclic) bond motifs is 10. The minimum atomic E-state index is -1.76. The number of anilines is 5. The maximum Gasteiger partial charge on any atom is 0.252 e. The van der Waals surface area contributed by atoms with Gasteiger partial charge in [0.2, 0.25) is 0 Å². The van der Waals surface area contributed by atoms with Crippen LogP contribution in [0.3, 0.4) is 0 Å². The molecule has 5 aliphatic rings. The summed E-state index contributed by atoms with van der Waals surface area (Å²) >= 11 is 0. The Morgan fingerprint density at radius 2 is 0.990 bits per heavy atom. The van der Waals surface area contributed by atoms with E-state index in [1.807, 2.05) is 86.3 Å². The van der Waals surface area contributed by atoms with Gasteiger partial charge in [-0.25, -0.2) is 0 Å². The van der Waals surface area contributed by atoms with Crippen molar-refractivity contribution in [3.8, 4) is 33.6 Å². The molecule has 0 fully saturated rings. The first-order valence-electron chi connectivity index (χ1n) is 48.0. The molecule has 0 amide bonds. The summed E-state index contributed by atoms with van der Waals surface area (Å²) in [6.07, 6.45) is 14.8. The average Bonchev–Trinajstić information content (AvgIpc) is 1.19. The van der Waals surface area contributed by atoms with Gasteiger partial charge in [0.15, 0.2) is 0 Å². The highest BCUT2D eigenvalue weighted by molar-refractivity contribution is 7.00. The molecule has 0 saturated carbocycles. The lowest BCUT2D eigenvalue weighted by molar-refractivity contribution is 0.220. The van der Waals surface area contributed by atoms with Gasteiger partial charge >= 0.3 is 0 Å². The number of rotatable bonds is 8. The standard InChI is InChI=1S/C98H103BN4/c1-94(2,3)66-44-50-85-79(52-66)73-40-28-30-42-83(73)100(85)71-46-48-81-87(60-71)102(92-75(62-32-20-16-21-33-62)54-68(96(7,8)9)55-76(92)63-34-22-17-23-35-63)89-58-70(98(13,14)15)59-90-91(89)99(81)82-49-47-72(101-84-43-31-29-41-74(84)80-53-67(95(4,5)6)45-51-86(80)101)61-88(82)103(90)93-77(64-36-24-18-25-37-64)56-69(97(10,11)12)57-78(93)65-38-26-19-27-39-65/h16-18,20-24,28-35,38,40-56,58-61,64,69,78,93H,19,25-27,36-37,39,57H2,1-15H3/i28D,29D,30D,31D,40D,41D,42D,43D,44D,45D,46D,47D,48D,49D,50D,51D,52D,53D,58D,59D,60D,61D. The molecule has 4 unspecified atom stereocenters.